The summed E-state index contributed by atoms with van der Waals surface area (Å²) in [6.07, 6.45) is 1.60. The van der Waals surface area contributed by atoms with Crippen LogP contribution in [-0.2, 0) is 5.88 Å². The van der Waals surface area contributed by atoms with E-state index in [1.807, 2.05) is 0 Å². The van der Waals surface area contributed by atoms with Crippen LogP contribution in [0.3, 0.4) is 0 Å². The van der Waals surface area contributed by atoms with Gasteiger partial charge in [0.15, 0.2) is 5.75 Å². The maximum absolute atomic E-state index is 5.78. The molecule has 0 aliphatic rings. The summed E-state index contributed by atoms with van der Waals surface area (Å²) in [6, 6.07) is 1.66. The minimum absolute atomic E-state index is 0. The molecule has 0 atom stereocenters. The molecule has 0 saturated heterocycles. The van der Waals surface area contributed by atoms with Crippen LogP contribution in [0, 0.1) is 0 Å². The highest BCUT2D eigenvalue weighted by atomic mass is 35.5. The summed E-state index contributed by atoms with van der Waals surface area (Å²) >= 11 is 11.4. The number of rotatable bonds is 2. The van der Waals surface area contributed by atoms with Crippen molar-refractivity contribution >= 4 is 35.6 Å². The quantitative estimate of drug-likeness (QED) is 0.726. The molecule has 1 heterocycles. The van der Waals surface area contributed by atoms with Gasteiger partial charge in [-0.1, -0.05) is 11.6 Å². The Morgan fingerprint density at radius 2 is 2.25 bits per heavy atom. The second kappa shape index (κ2) is 5.46. The van der Waals surface area contributed by atoms with Gasteiger partial charge in [-0.3, -0.25) is 4.98 Å². The Labute approximate surface area is 87.3 Å². The summed E-state index contributed by atoms with van der Waals surface area (Å²) in [5, 5.41) is 0.540. The van der Waals surface area contributed by atoms with E-state index >= 15 is 0 Å². The fourth-order valence-electron chi connectivity index (χ4n) is 0.775. The van der Waals surface area contributed by atoms with E-state index in [0.717, 1.165) is 0 Å². The van der Waals surface area contributed by atoms with Gasteiger partial charge in [0.05, 0.1) is 23.7 Å². The summed E-state index contributed by atoms with van der Waals surface area (Å²) in [4.78, 5) is 3.99. The molecule has 0 saturated carbocycles. The molecular weight excluding hydrogens is 220 g/mol. The summed E-state index contributed by atoms with van der Waals surface area (Å²) in [7, 11) is 1.54. The lowest BCUT2D eigenvalue weighted by molar-refractivity contribution is 0.409. The van der Waals surface area contributed by atoms with Crippen molar-refractivity contribution in [3.05, 3.63) is 23.0 Å². The summed E-state index contributed by atoms with van der Waals surface area (Å²) in [5.41, 5.74) is 0.668. The zero-order valence-electron chi connectivity index (χ0n) is 6.38. The highest BCUT2D eigenvalue weighted by molar-refractivity contribution is 6.32. The van der Waals surface area contributed by atoms with E-state index in [4.69, 9.17) is 27.9 Å². The van der Waals surface area contributed by atoms with Gasteiger partial charge >= 0.3 is 0 Å². The van der Waals surface area contributed by atoms with Crippen LogP contribution in [0.4, 0.5) is 0 Å². The van der Waals surface area contributed by atoms with Crippen LogP contribution < -0.4 is 4.74 Å². The number of nitrogens with zero attached hydrogens (tertiary/aromatic N) is 1. The standard InChI is InChI=1S/C7H7Cl2NO.ClH/c1-11-7-5(9)2-3-10-6(7)4-8;/h2-3H,4H2,1H3;1H. The molecule has 0 unspecified atom stereocenters. The molecule has 1 rings (SSSR count). The normalized spacial score (nSPS) is 8.92. The first-order valence-corrected chi connectivity index (χ1v) is 3.94. The van der Waals surface area contributed by atoms with Crippen molar-refractivity contribution in [1.29, 1.82) is 0 Å². The lowest BCUT2D eigenvalue weighted by atomic mass is 10.3. The molecule has 12 heavy (non-hydrogen) atoms. The van der Waals surface area contributed by atoms with Crippen LogP contribution in [0.15, 0.2) is 12.3 Å². The maximum Gasteiger partial charge on any atom is 0.160 e. The third-order valence-corrected chi connectivity index (χ3v) is 1.81. The average Bonchev–Trinajstić information content (AvgIpc) is 2.04. The minimum Gasteiger partial charge on any atom is -0.493 e. The van der Waals surface area contributed by atoms with Gasteiger partial charge in [-0.15, -0.1) is 24.0 Å². The predicted molar refractivity (Wildman–Crippen MR) is 52.6 cm³/mol. The molecule has 0 radical (unpaired) electrons. The van der Waals surface area contributed by atoms with E-state index in [1.165, 1.54) is 0 Å². The minimum atomic E-state index is 0. The first-order valence-electron chi connectivity index (χ1n) is 3.03. The van der Waals surface area contributed by atoms with E-state index in [9.17, 15) is 0 Å². The number of ether oxygens (including phenoxy) is 1. The van der Waals surface area contributed by atoms with Crippen LogP contribution in [0.5, 0.6) is 5.75 Å². The molecule has 0 aliphatic heterocycles. The van der Waals surface area contributed by atoms with Crippen molar-refractivity contribution in [3.63, 3.8) is 0 Å². The third-order valence-electron chi connectivity index (χ3n) is 1.26. The van der Waals surface area contributed by atoms with Crippen molar-refractivity contribution in [2.45, 2.75) is 5.88 Å². The topological polar surface area (TPSA) is 22.1 Å². The largest absolute Gasteiger partial charge is 0.493 e. The Bertz CT molecular complexity index is 254. The molecule has 0 amide bonds. The number of alkyl halides is 1. The van der Waals surface area contributed by atoms with Crippen LogP contribution >= 0.6 is 35.6 Å². The van der Waals surface area contributed by atoms with Gasteiger partial charge in [0.1, 0.15) is 0 Å². The first-order chi connectivity index (χ1) is 5.29. The second-order valence-corrected chi connectivity index (χ2v) is 2.58. The van der Waals surface area contributed by atoms with Crippen LogP contribution in [0.25, 0.3) is 0 Å². The summed E-state index contributed by atoms with van der Waals surface area (Å²) in [6.45, 7) is 0. The van der Waals surface area contributed by atoms with Gasteiger partial charge < -0.3 is 4.74 Å². The number of hydrogen-bond acceptors (Lipinski definition) is 2. The highest BCUT2D eigenvalue weighted by Gasteiger charge is 2.06. The van der Waals surface area contributed by atoms with Crippen LogP contribution in [-0.4, -0.2) is 12.1 Å². The van der Waals surface area contributed by atoms with E-state index in [1.54, 1.807) is 19.4 Å². The van der Waals surface area contributed by atoms with E-state index < -0.39 is 0 Å². The van der Waals surface area contributed by atoms with Crippen LogP contribution in [0.1, 0.15) is 5.69 Å². The first kappa shape index (κ1) is 11.8. The van der Waals surface area contributed by atoms with Gasteiger partial charge in [-0.2, -0.15) is 0 Å². The number of methoxy groups -OCH3 is 1. The van der Waals surface area contributed by atoms with Gasteiger partial charge in [0.25, 0.3) is 0 Å². The van der Waals surface area contributed by atoms with Gasteiger partial charge in [-0.25, -0.2) is 0 Å². The molecular formula is C7H8Cl3NO. The zero-order chi connectivity index (χ0) is 8.27. The average molecular weight is 229 g/mol. The number of aromatic nitrogens is 1. The molecule has 0 fully saturated rings. The number of hydrogen-bond donors (Lipinski definition) is 0. The molecule has 0 spiro atoms. The Morgan fingerprint density at radius 3 is 2.67 bits per heavy atom. The molecule has 1 aromatic rings. The van der Waals surface area contributed by atoms with Gasteiger partial charge in [0.2, 0.25) is 0 Å². The molecule has 5 heteroatoms. The Kier molecular flexibility index (Phi) is 5.38. The highest BCUT2D eigenvalue weighted by Crippen LogP contribution is 2.27. The zero-order valence-corrected chi connectivity index (χ0v) is 8.71. The Hall–Kier alpha value is -0.180. The van der Waals surface area contributed by atoms with Gasteiger partial charge in [0, 0.05) is 6.20 Å². The summed E-state index contributed by atoms with van der Waals surface area (Å²) in [5.74, 6) is 0.869. The molecule has 0 N–H and O–H groups in total. The third kappa shape index (κ3) is 2.41. The predicted octanol–water partition coefficient (Wildman–Crippen LogP) is 2.90. The fraction of sp³-hybridized carbons (Fsp3) is 0.286. The summed E-state index contributed by atoms with van der Waals surface area (Å²) < 4.78 is 4.99. The number of halogens is 3. The molecule has 1 aromatic heterocycles. The van der Waals surface area contributed by atoms with E-state index in [2.05, 4.69) is 4.98 Å². The van der Waals surface area contributed by atoms with E-state index in [0.29, 0.717) is 22.3 Å². The second-order valence-electron chi connectivity index (χ2n) is 1.91. The Morgan fingerprint density at radius 1 is 1.58 bits per heavy atom. The smallest absolute Gasteiger partial charge is 0.160 e. The molecule has 0 aliphatic carbocycles. The fourth-order valence-corrected chi connectivity index (χ4v) is 1.21. The van der Waals surface area contributed by atoms with Crippen molar-refractivity contribution < 1.29 is 4.74 Å². The Balaban J connectivity index is 0.00000121. The molecule has 0 bridgehead atoms. The SMILES string of the molecule is COc1c(Cl)ccnc1CCl.Cl. The lowest BCUT2D eigenvalue weighted by Gasteiger charge is -2.05. The van der Waals surface area contributed by atoms with Crippen molar-refractivity contribution in [3.8, 4) is 5.75 Å². The molecule has 0 aromatic carbocycles. The lowest BCUT2D eigenvalue weighted by Crippen LogP contribution is -1.92. The van der Waals surface area contributed by atoms with E-state index in [-0.39, 0.29) is 12.4 Å². The monoisotopic (exact) mass is 227 g/mol. The van der Waals surface area contributed by atoms with Crippen molar-refractivity contribution in [1.82, 2.24) is 4.98 Å². The van der Waals surface area contributed by atoms with Crippen molar-refractivity contribution in [2.24, 2.45) is 0 Å². The van der Waals surface area contributed by atoms with Gasteiger partial charge in [-0.05, 0) is 6.07 Å². The molecule has 2 nitrogen and oxygen atoms in total. The van der Waals surface area contributed by atoms with Crippen LogP contribution in [0.2, 0.25) is 5.02 Å². The maximum atomic E-state index is 5.78. The number of pyridine rings is 1. The van der Waals surface area contributed by atoms with Crippen molar-refractivity contribution in [2.75, 3.05) is 7.11 Å². The molecule has 68 valence electrons.